The van der Waals surface area contributed by atoms with Crippen LogP contribution >= 0.6 is 0 Å². The van der Waals surface area contributed by atoms with Gasteiger partial charge < -0.3 is 5.32 Å². The van der Waals surface area contributed by atoms with Gasteiger partial charge in [0.1, 0.15) is 0 Å². The van der Waals surface area contributed by atoms with Crippen molar-refractivity contribution in [2.45, 2.75) is 20.8 Å². The molecule has 7 nitrogen and oxygen atoms in total. The summed E-state index contributed by atoms with van der Waals surface area (Å²) in [5, 5.41) is 2.45. The van der Waals surface area contributed by atoms with Crippen molar-refractivity contribution in [3.05, 3.63) is 12.7 Å². The van der Waals surface area contributed by atoms with Crippen molar-refractivity contribution in [3.8, 4) is 0 Å². The van der Waals surface area contributed by atoms with Gasteiger partial charge in [-0.3, -0.25) is 4.79 Å². The number of nitrogens with one attached hydrogen (secondary N) is 1. The number of carbonyl (C=O) groups excluding carboxylic acids is 1. The third-order valence-corrected chi connectivity index (χ3v) is 5.56. The van der Waals surface area contributed by atoms with E-state index in [-0.39, 0.29) is 36.1 Å². The minimum absolute atomic E-state index is 0. The van der Waals surface area contributed by atoms with Gasteiger partial charge in [-0.25, -0.2) is 0 Å². The molecule has 0 aromatic heterocycles. The van der Waals surface area contributed by atoms with Gasteiger partial charge in [-0.1, -0.05) is 20.4 Å². The molecule has 0 aromatic carbocycles. The summed E-state index contributed by atoms with van der Waals surface area (Å²) < 4.78 is 49.6. The summed E-state index contributed by atoms with van der Waals surface area (Å²) >= 11 is 0. The summed E-state index contributed by atoms with van der Waals surface area (Å²) in [7, 11) is -8.31. The van der Waals surface area contributed by atoms with Crippen molar-refractivity contribution in [2.75, 3.05) is 18.1 Å². The molecule has 0 saturated carbocycles. The Morgan fingerprint density at radius 3 is 2.15 bits per heavy atom. The van der Waals surface area contributed by atoms with Gasteiger partial charge in [0.25, 0.3) is 20.2 Å². The van der Waals surface area contributed by atoms with Gasteiger partial charge in [0.2, 0.25) is 5.91 Å². The number of hydrogen-bond donors (Lipinski definition) is 1. The molecule has 0 radical (unpaired) electrons. The van der Waals surface area contributed by atoms with Crippen LogP contribution in [0.4, 0.5) is 0 Å². The molecule has 1 N–H and O–H groups in total. The van der Waals surface area contributed by atoms with E-state index in [1.54, 1.807) is 13.8 Å². The molecular weight excluding hydrogens is 317 g/mol. The van der Waals surface area contributed by atoms with Crippen LogP contribution < -0.4 is 5.32 Å². The van der Waals surface area contributed by atoms with Gasteiger partial charge in [-0.2, -0.15) is 16.8 Å². The third-order valence-electron chi connectivity index (χ3n) is 2.05. The average molecular weight is 337 g/mol. The molecule has 20 heavy (non-hydrogen) atoms. The van der Waals surface area contributed by atoms with Gasteiger partial charge >= 0.3 is 29.6 Å². The van der Waals surface area contributed by atoms with Crippen molar-refractivity contribution in [1.29, 1.82) is 0 Å². The van der Waals surface area contributed by atoms with Crippen molar-refractivity contribution < 1.29 is 25.3 Å². The fourth-order valence-electron chi connectivity index (χ4n) is 1.16. The van der Waals surface area contributed by atoms with Crippen LogP contribution in [0.15, 0.2) is 12.7 Å². The Balaban J connectivity index is 0. The zero-order valence-corrected chi connectivity index (χ0v) is 12.8. The molecule has 0 aliphatic carbocycles. The van der Waals surface area contributed by atoms with Crippen LogP contribution in [0.1, 0.15) is 20.8 Å². The Bertz CT molecular complexity index is 538. The fourth-order valence-corrected chi connectivity index (χ4v) is 4.06. The van der Waals surface area contributed by atoms with Crippen molar-refractivity contribution in [3.63, 3.8) is 0 Å². The maximum atomic E-state index is 11.6. The first-order valence-corrected chi connectivity index (χ1v) is 8.65. The van der Waals surface area contributed by atoms with Crippen LogP contribution in [0.25, 0.3) is 0 Å². The van der Waals surface area contributed by atoms with Crippen LogP contribution in [0, 0.1) is 5.41 Å². The number of rotatable bonds is 8. The van der Waals surface area contributed by atoms with Crippen LogP contribution in [-0.4, -0.2) is 70.4 Å². The molecule has 1 amide bonds. The Morgan fingerprint density at radius 2 is 1.75 bits per heavy atom. The van der Waals surface area contributed by atoms with Gasteiger partial charge in [-0.05, 0) is 18.4 Å². The van der Waals surface area contributed by atoms with Gasteiger partial charge in [-0.15, -0.1) is 3.63 Å². The molecule has 0 fully saturated rings. The Kier molecular flexibility index (Phi) is 9.50. The van der Waals surface area contributed by atoms with Crippen LogP contribution in [-0.2, 0) is 28.7 Å². The second kappa shape index (κ2) is 8.50. The Labute approximate surface area is 142 Å². The molecule has 0 atom stereocenters. The molecule has 0 rings (SSSR count). The van der Waals surface area contributed by atoms with Crippen LogP contribution in [0.3, 0.4) is 0 Å². The summed E-state index contributed by atoms with van der Waals surface area (Å²) in [6, 6.07) is 0. The normalized spacial score (nSPS) is 12.3. The molecule has 0 unspecified atom stereocenters. The van der Waals surface area contributed by atoms with Crippen molar-refractivity contribution >= 4 is 55.7 Å². The van der Waals surface area contributed by atoms with E-state index in [2.05, 4.69) is 15.5 Å². The molecule has 114 valence electrons. The second-order valence-corrected chi connectivity index (χ2v) is 8.34. The van der Waals surface area contributed by atoms with Crippen LogP contribution in [0.5, 0.6) is 0 Å². The van der Waals surface area contributed by atoms with E-state index in [0.29, 0.717) is 0 Å². The van der Waals surface area contributed by atoms with E-state index >= 15 is 0 Å². The Morgan fingerprint density at radius 1 is 1.25 bits per heavy atom. The van der Waals surface area contributed by atoms with Gasteiger partial charge in [0, 0.05) is 6.54 Å². The summed E-state index contributed by atoms with van der Waals surface area (Å²) in [4.78, 5) is 11.0. The average Bonchev–Trinajstić information content (AvgIpc) is 2.23. The molecular formula is C10H20NNaO6S2. The van der Waals surface area contributed by atoms with Crippen molar-refractivity contribution in [1.82, 2.24) is 5.32 Å². The van der Waals surface area contributed by atoms with Gasteiger partial charge in [0.05, 0.1) is 11.5 Å². The number of carbonyl (C=O) groups is 1. The molecule has 0 bridgehead atoms. The first kappa shape index (κ1) is 22.4. The second-order valence-electron chi connectivity index (χ2n) is 4.70. The van der Waals surface area contributed by atoms with E-state index in [4.69, 9.17) is 0 Å². The molecule has 0 spiro atoms. The number of amides is 1. The monoisotopic (exact) mass is 337 g/mol. The topological polar surface area (TPSA) is 107 Å². The summed E-state index contributed by atoms with van der Waals surface area (Å²) in [5.74, 6) is -1.40. The third kappa shape index (κ3) is 9.89. The van der Waals surface area contributed by atoms with E-state index < -0.39 is 43.1 Å². The standard InChI is InChI=1S/C10H19NO6S2.Na.H/c1-5-9(12)11-7-10(3,4)8-19(15,16)17-18(13,14)6-2;;/h5H,1,6-8H2,2-4H3,(H,11,12);;. The van der Waals surface area contributed by atoms with Gasteiger partial charge in [0.15, 0.2) is 0 Å². The molecule has 10 heteroatoms. The maximum absolute atomic E-state index is 11.6. The van der Waals surface area contributed by atoms with E-state index in [1.165, 1.54) is 6.92 Å². The Hall–Kier alpha value is 0.0700. The molecule has 0 heterocycles. The predicted molar refractivity (Wildman–Crippen MR) is 78.5 cm³/mol. The predicted octanol–water partition coefficient (Wildman–Crippen LogP) is -0.638. The first-order valence-electron chi connectivity index (χ1n) is 5.50. The molecule has 0 aliphatic heterocycles. The molecule has 0 aliphatic rings. The zero-order chi connectivity index (χ0) is 15.3. The quantitative estimate of drug-likeness (QED) is 0.466. The SMILES string of the molecule is C=CC(=O)NCC(C)(C)CS(=O)(=O)OS(=O)(=O)CC.[NaH]. The molecule has 0 aromatic rings. The molecule has 0 saturated heterocycles. The van der Waals surface area contributed by atoms with Crippen LogP contribution in [0.2, 0.25) is 0 Å². The van der Waals surface area contributed by atoms with E-state index in [0.717, 1.165) is 6.08 Å². The van der Waals surface area contributed by atoms with E-state index in [1.807, 2.05) is 0 Å². The summed E-state index contributed by atoms with van der Waals surface area (Å²) in [5.41, 5.74) is -0.874. The van der Waals surface area contributed by atoms with Crippen molar-refractivity contribution in [2.24, 2.45) is 5.41 Å². The summed E-state index contributed by atoms with van der Waals surface area (Å²) in [6.07, 6.45) is 1.06. The zero-order valence-electron chi connectivity index (χ0n) is 11.2. The first-order chi connectivity index (χ1) is 8.43. The number of hydrogen-bond acceptors (Lipinski definition) is 6. The minimum atomic E-state index is -4.23. The van der Waals surface area contributed by atoms with E-state index in [9.17, 15) is 21.6 Å². The summed E-state index contributed by atoms with van der Waals surface area (Å²) in [6.45, 7) is 7.72. The fraction of sp³-hybridized carbons (Fsp3) is 0.700.